The van der Waals surface area contributed by atoms with Crippen LogP contribution < -0.4 is 10.1 Å². The second-order valence-corrected chi connectivity index (χ2v) is 6.34. The molecule has 134 valence electrons. The van der Waals surface area contributed by atoms with Crippen molar-refractivity contribution in [2.75, 3.05) is 47.4 Å². The summed E-state index contributed by atoms with van der Waals surface area (Å²) in [7, 11) is 5.81. The normalized spacial score (nSPS) is 19.7. The Balaban J connectivity index is 2.15. The second-order valence-electron chi connectivity index (χ2n) is 6.34. The number of aliphatic hydroxyl groups is 1. The maximum Gasteiger partial charge on any atom is 0.194 e. The van der Waals surface area contributed by atoms with Gasteiger partial charge in [0.05, 0.1) is 25.8 Å². The molecule has 0 amide bonds. The molecule has 6 heteroatoms. The number of likely N-dealkylation sites (N-methyl/N-ethyl adjacent to an activating group) is 1. The zero-order valence-electron chi connectivity index (χ0n) is 15.2. The van der Waals surface area contributed by atoms with E-state index in [0.717, 1.165) is 31.2 Å². The molecule has 0 radical (unpaired) electrons. The van der Waals surface area contributed by atoms with E-state index >= 15 is 0 Å². The molecule has 1 unspecified atom stereocenters. The van der Waals surface area contributed by atoms with Gasteiger partial charge in [-0.3, -0.25) is 4.99 Å². The van der Waals surface area contributed by atoms with Crippen LogP contribution in [0.1, 0.15) is 24.9 Å². The number of nitrogens with zero attached hydrogens (tertiary/aromatic N) is 3. The lowest BCUT2D eigenvalue weighted by molar-refractivity contribution is 0.187. The highest BCUT2D eigenvalue weighted by Crippen LogP contribution is 2.23. The van der Waals surface area contributed by atoms with Crippen molar-refractivity contribution in [1.29, 1.82) is 0 Å². The van der Waals surface area contributed by atoms with Gasteiger partial charge in [0.15, 0.2) is 5.96 Å². The number of nitrogens with one attached hydrogen (secondary N) is 1. The van der Waals surface area contributed by atoms with Crippen molar-refractivity contribution in [2.24, 2.45) is 4.99 Å². The number of benzene rings is 1. The van der Waals surface area contributed by atoms with E-state index in [-0.39, 0.29) is 12.1 Å². The van der Waals surface area contributed by atoms with Crippen LogP contribution >= 0.6 is 0 Å². The van der Waals surface area contributed by atoms with Crippen LogP contribution in [0.25, 0.3) is 0 Å². The van der Waals surface area contributed by atoms with Gasteiger partial charge in [-0.05, 0) is 45.1 Å². The summed E-state index contributed by atoms with van der Waals surface area (Å²) >= 11 is 0. The Labute approximate surface area is 145 Å². The van der Waals surface area contributed by atoms with Crippen LogP contribution in [0.15, 0.2) is 29.3 Å². The fraction of sp³-hybridized carbons (Fsp3) is 0.611. The van der Waals surface area contributed by atoms with Gasteiger partial charge in [0.1, 0.15) is 5.75 Å². The van der Waals surface area contributed by atoms with Crippen molar-refractivity contribution in [3.8, 4) is 5.75 Å². The van der Waals surface area contributed by atoms with Crippen molar-refractivity contribution in [3.63, 3.8) is 0 Å². The van der Waals surface area contributed by atoms with Crippen LogP contribution in [0.3, 0.4) is 0 Å². The van der Waals surface area contributed by atoms with Crippen LogP contribution in [0, 0.1) is 0 Å². The summed E-state index contributed by atoms with van der Waals surface area (Å²) < 4.78 is 5.34. The molecule has 1 fully saturated rings. The molecular formula is C18H30N4O2. The van der Waals surface area contributed by atoms with Crippen molar-refractivity contribution in [1.82, 2.24) is 15.1 Å². The Morgan fingerprint density at radius 3 is 2.88 bits per heavy atom. The fourth-order valence-electron chi connectivity index (χ4n) is 2.95. The average Bonchev–Trinajstić information content (AvgIpc) is 3.00. The molecule has 1 aromatic carbocycles. The highest BCUT2D eigenvalue weighted by Gasteiger charge is 2.23. The number of hydrogen-bond donors (Lipinski definition) is 2. The number of aliphatic imine (C=N–C) groups is 1. The van der Waals surface area contributed by atoms with Crippen LogP contribution in [0.4, 0.5) is 0 Å². The van der Waals surface area contributed by atoms with E-state index in [2.05, 4.69) is 48.3 Å². The van der Waals surface area contributed by atoms with Gasteiger partial charge >= 0.3 is 0 Å². The lowest BCUT2D eigenvalue weighted by atomic mass is 10.1. The van der Waals surface area contributed by atoms with Gasteiger partial charge in [-0.25, -0.2) is 0 Å². The molecule has 1 aliphatic heterocycles. The summed E-state index contributed by atoms with van der Waals surface area (Å²) in [6, 6.07) is 8.30. The predicted octanol–water partition coefficient (Wildman–Crippen LogP) is 1.33. The molecule has 24 heavy (non-hydrogen) atoms. The summed E-state index contributed by atoms with van der Waals surface area (Å²) in [6.45, 7) is 5.02. The smallest absolute Gasteiger partial charge is 0.194 e. The van der Waals surface area contributed by atoms with Gasteiger partial charge in [0, 0.05) is 19.6 Å². The van der Waals surface area contributed by atoms with Gasteiger partial charge < -0.3 is 25.0 Å². The van der Waals surface area contributed by atoms with Gasteiger partial charge in [-0.2, -0.15) is 0 Å². The molecule has 1 aromatic rings. The van der Waals surface area contributed by atoms with E-state index in [1.54, 1.807) is 7.11 Å². The van der Waals surface area contributed by atoms with Crippen molar-refractivity contribution < 1.29 is 9.84 Å². The summed E-state index contributed by atoms with van der Waals surface area (Å²) in [6.07, 6.45) is 0.550. The molecule has 0 spiro atoms. The van der Waals surface area contributed by atoms with Gasteiger partial charge in [-0.1, -0.05) is 12.1 Å². The minimum Gasteiger partial charge on any atom is -0.497 e. The Bertz CT molecular complexity index is 548. The minimum absolute atomic E-state index is 0.168. The molecule has 2 atom stereocenters. The zero-order chi connectivity index (χ0) is 17.5. The van der Waals surface area contributed by atoms with Crippen molar-refractivity contribution in [3.05, 3.63) is 29.8 Å². The maximum absolute atomic E-state index is 9.77. The standard InChI is InChI=1S/C18H30N4O2/c1-5-19-18(22-10-9-15(23)13-22)20-12-17(21(2)3)14-7-6-8-16(11-14)24-4/h6-8,11,15,17,23H,5,9-10,12-13H2,1-4H3,(H,19,20)/t15-,17?/m1/s1. The summed E-state index contributed by atoms with van der Waals surface area (Å²) in [5, 5.41) is 13.1. The molecule has 2 N–H and O–H groups in total. The third-order valence-electron chi connectivity index (χ3n) is 4.31. The lowest BCUT2D eigenvalue weighted by Crippen LogP contribution is -2.41. The van der Waals surface area contributed by atoms with E-state index < -0.39 is 0 Å². The van der Waals surface area contributed by atoms with E-state index in [9.17, 15) is 5.11 Å². The van der Waals surface area contributed by atoms with Crippen molar-refractivity contribution in [2.45, 2.75) is 25.5 Å². The Kier molecular flexibility index (Phi) is 6.87. The second kappa shape index (κ2) is 8.89. The molecule has 0 aromatic heterocycles. The van der Waals surface area contributed by atoms with Crippen LogP contribution in [-0.4, -0.2) is 74.4 Å². The third-order valence-corrected chi connectivity index (χ3v) is 4.31. The minimum atomic E-state index is -0.253. The monoisotopic (exact) mass is 334 g/mol. The number of β-amino-alcohol motifs (C(OH)–C–C–N with tert-alkyl or cyclic N) is 1. The topological polar surface area (TPSA) is 60.3 Å². The number of ether oxygens (including phenoxy) is 1. The van der Waals surface area contributed by atoms with Crippen LogP contribution in [0.5, 0.6) is 5.75 Å². The predicted molar refractivity (Wildman–Crippen MR) is 97.6 cm³/mol. The molecule has 0 aliphatic carbocycles. The van der Waals surface area contributed by atoms with Gasteiger partial charge in [-0.15, -0.1) is 0 Å². The van der Waals surface area contributed by atoms with Gasteiger partial charge in [0.2, 0.25) is 0 Å². The first-order valence-corrected chi connectivity index (χ1v) is 8.56. The largest absolute Gasteiger partial charge is 0.497 e. The van der Waals surface area contributed by atoms with Crippen LogP contribution in [0.2, 0.25) is 0 Å². The van der Waals surface area contributed by atoms with E-state index in [4.69, 9.17) is 9.73 Å². The number of methoxy groups -OCH3 is 1. The lowest BCUT2D eigenvalue weighted by Gasteiger charge is -2.26. The molecule has 6 nitrogen and oxygen atoms in total. The highest BCUT2D eigenvalue weighted by molar-refractivity contribution is 5.80. The number of aliphatic hydroxyl groups excluding tert-OH is 1. The molecular weight excluding hydrogens is 304 g/mol. The SMILES string of the molecule is CCNC(=NCC(c1cccc(OC)c1)N(C)C)N1CC[C@@H](O)C1. The first-order chi connectivity index (χ1) is 11.5. The zero-order valence-corrected chi connectivity index (χ0v) is 15.2. The highest BCUT2D eigenvalue weighted by atomic mass is 16.5. The van der Waals surface area contributed by atoms with Crippen LogP contribution in [-0.2, 0) is 0 Å². The molecule has 1 saturated heterocycles. The van der Waals surface area contributed by atoms with E-state index in [1.807, 2.05) is 12.1 Å². The number of likely N-dealkylation sites (tertiary alicyclic amines) is 1. The summed E-state index contributed by atoms with van der Waals surface area (Å²) in [5.41, 5.74) is 1.18. The molecule has 1 aliphatic rings. The van der Waals surface area contributed by atoms with Gasteiger partial charge in [0.25, 0.3) is 0 Å². The fourth-order valence-corrected chi connectivity index (χ4v) is 2.95. The Hall–Kier alpha value is -1.79. The Morgan fingerprint density at radius 1 is 1.50 bits per heavy atom. The van der Waals surface area contributed by atoms with Crippen molar-refractivity contribution >= 4 is 5.96 Å². The first kappa shape index (κ1) is 18.5. The average molecular weight is 334 g/mol. The van der Waals surface area contributed by atoms with E-state index in [1.165, 1.54) is 5.56 Å². The maximum atomic E-state index is 9.77. The molecule has 0 saturated carbocycles. The first-order valence-electron chi connectivity index (χ1n) is 8.56. The summed E-state index contributed by atoms with van der Waals surface area (Å²) in [5.74, 6) is 1.74. The number of guanidine groups is 1. The Morgan fingerprint density at radius 2 is 2.29 bits per heavy atom. The van der Waals surface area contributed by atoms with E-state index in [0.29, 0.717) is 13.1 Å². The number of hydrogen-bond acceptors (Lipinski definition) is 4. The third kappa shape index (κ3) is 4.85. The molecule has 1 heterocycles. The number of rotatable bonds is 6. The quantitative estimate of drug-likeness (QED) is 0.607. The molecule has 2 rings (SSSR count). The summed E-state index contributed by atoms with van der Waals surface area (Å²) in [4.78, 5) is 9.12. The molecule has 0 bridgehead atoms.